The second-order valence-electron chi connectivity index (χ2n) is 4.18. The summed E-state index contributed by atoms with van der Waals surface area (Å²) in [5, 5.41) is 12.0. The Balaban J connectivity index is 2.13. The van der Waals surface area contributed by atoms with E-state index in [1.165, 1.54) is 28.6 Å². The van der Waals surface area contributed by atoms with Gasteiger partial charge in [-0.25, -0.2) is 0 Å². The number of hydrogen-bond donors (Lipinski definition) is 1. The largest absolute Gasteiger partial charge is 0.414 e. The van der Waals surface area contributed by atoms with Crippen molar-refractivity contribution in [1.29, 1.82) is 0 Å². The molecule has 0 saturated heterocycles. The molecule has 0 amide bonds. The third-order valence-corrected chi connectivity index (χ3v) is 3.55. The van der Waals surface area contributed by atoms with E-state index < -0.39 is 0 Å². The van der Waals surface area contributed by atoms with Crippen LogP contribution in [0.5, 0.6) is 0 Å². The van der Waals surface area contributed by atoms with Gasteiger partial charge in [0.1, 0.15) is 0 Å². The highest BCUT2D eigenvalue weighted by molar-refractivity contribution is 7.98. The molecule has 0 fully saturated rings. The van der Waals surface area contributed by atoms with Crippen molar-refractivity contribution >= 4 is 17.4 Å². The van der Waals surface area contributed by atoms with Crippen LogP contribution in [-0.4, -0.2) is 16.5 Å². The molecule has 0 bridgehead atoms. The van der Waals surface area contributed by atoms with Gasteiger partial charge in [0.25, 0.3) is 5.22 Å². The maximum absolute atomic E-state index is 5.48. The first-order valence-electron chi connectivity index (χ1n) is 6.49. The number of aryl methyl sites for hydroxylation is 2. The number of nitrogens with zero attached hydrogens (tertiary/aromatic N) is 2. The molecule has 1 aromatic heterocycles. The van der Waals surface area contributed by atoms with Crippen molar-refractivity contribution in [2.75, 3.05) is 11.6 Å². The Hall–Kier alpha value is -1.49. The lowest BCUT2D eigenvalue weighted by Crippen LogP contribution is -2.05. The van der Waals surface area contributed by atoms with Crippen LogP contribution in [0.15, 0.2) is 27.8 Å². The van der Waals surface area contributed by atoms with E-state index in [9.17, 15) is 0 Å². The Morgan fingerprint density at radius 2 is 1.84 bits per heavy atom. The molecule has 0 saturated carbocycles. The van der Waals surface area contributed by atoms with Gasteiger partial charge in [0, 0.05) is 5.69 Å². The molecule has 1 aromatic carbocycles. The van der Waals surface area contributed by atoms with Gasteiger partial charge in [-0.1, -0.05) is 43.8 Å². The van der Waals surface area contributed by atoms with Gasteiger partial charge in [0.05, 0.1) is 6.54 Å². The summed E-state index contributed by atoms with van der Waals surface area (Å²) in [5.41, 5.74) is 3.85. The number of aromatic nitrogens is 2. The highest BCUT2D eigenvalue weighted by Crippen LogP contribution is 2.23. The molecular weight excluding hydrogens is 258 g/mol. The molecular formula is C14H19N3OS. The van der Waals surface area contributed by atoms with Crippen molar-refractivity contribution in [3.63, 3.8) is 0 Å². The van der Waals surface area contributed by atoms with Crippen molar-refractivity contribution in [2.24, 2.45) is 0 Å². The quantitative estimate of drug-likeness (QED) is 0.819. The van der Waals surface area contributed by atoms with Crippen LogP contribution in [0.1, 0.15) is 30.9 Å². The number of hydrogen-bond acceptors (Lipinski definition) is 5. The van der Waals surface area contributed by atoms with E-state index >= 15 is 0 Å². The summed E-state index contributed by atoms with van der Waals surface area (Å²) in [7, 11) is 0. The van der Waals surface area contributed by atoms with Crippen molar-refractivity contribution < 1.29 is 4.42 Å². The van der Waals surface area contributed by atoms with E-state index in [0.29, 0.717) is 17.7 Å². The normalized spacial score (nSPS) is 10.7. The minimum Gasteiger partial charge on any atom is -0.414 e. The molecule has 0 spiro atoms. The maximum atomic E-state index is 5.48. The number of thioether (sulfide) groups is 1. The minimum absolute atomic E-state index is 0.567. The highest BCUT2D eigenvalue weighted by Gasteiger charge is 2.08. The van der Waals surface area contributed by atoms with E-state index in [1.807, 2.05) is 6.26 Å². The predicted molar refractivity (Wildman–Crippen MR) is 78.6 cm³/mol. The zero-order valence-electron chi connectivity index (χ0n) is 11.6. The molecule has 2 rings (SSSR count). The molecule has 2 aromatic rings. The first-order chi connectivity index (χ1) is 9.28. The summed E-state index contributed by atoms with van der Waals surface area (Å²) in [6.45, 7) is 4.90. The van der Waals surface area contributed by atoms with Crippen LogP contribution < -0.4 is 5.32 Å². The first kappa shape index (κ1) is 13.9. The van der Waals surface area contributed by atoms with Crippen LogP contribution in [0.25, 0.3) is 0 Å². The molecule has 0 aliphatic heterocycles. The Morgan fingerprint density at radius 1 is 1.16 bits per heavy atom. The monoisotopic (exact) mass is 277 g/mol. The van der Waals surface area contributed by atoms with Gasteiger partial charge in [-0.05, 0) is 30.2 Å². The summed E-state index contributed by atoms with van der Waals surface area (Å²) in [4.78, 5) is 0. The first-order valence-corrected chi connectivity index (χ1v) is 7.72. The van der Waals surface area contributed by atoms with E-state index in [-0.39, 0.29) is 0 Å². The summed E-state index contributed by atoms with van der Waals surface area (Å²) < 4.78 is 5.48. The van der Waals surface area contributed by atoms with Gasteiger partial charge in [0.15, 0.2) is 0 Å². The predicted octanol–water partition coefficient (Wildman–Crippen LogP) is 3.53. The van der Waals surface area contributed by atoms with E-state index in [1.54, 1.807) is 0 Å². The zero-order chi connectivity index (χ0) is 13.7. The average molecular weight is 277 g/mol. The van der Waals surface area contributed by atoms with Gasteiger partial charge >= 0.3 is 0 Å². The summed E-state index contributed by atoms with van der Waals surface area (Å²) in [6, 6.07) is 6.42. The molecule has 5 heteroatoms. The van der Waals surface area contributed by atoms with E-state index in [4.69, 9.17) is 4.42 Å². The molecule has 1 N–H and O–H groups in total. The molecule has 102 valence electrons. The Labute approximate surface area is 118 Å². The van der Waals surface area contributed by atoms with Crippen molar-refractivity contribution in [3.05, 3.63) is 35.2 Å². The van der Waals surface area contributed by atoms with Crippen molar-refractivity contribution in [2.45, 2.75) is 38.5 Å². The van der Waals surface area contributed by atoms with E-state index in [0.717, 1.165) is 12.8 Å². The molecule has 0 unspecified atom stereocenters. The summed E-state index contributed by atoms with van der Waals surface area (Å²) >= 11 is 1.46. The lowest BCUT2D eigenvalue weighted by Gasteiger charge is -2.14. The van der Waals surface area contributed by atoms with Gasteiger partial charge < -0.3 is 9.73 Å². The number of para-hydroxylation sites is 1. The summed E-state index contributed by atoms with van der Waals surface area (Å²) in [6.07, 6.45) is 3.94. The molecule has 19 heavy (non-hydrogen) atoms. The van der Waals surface area contributed by atoms with Gasteiger partial charge in [0.2, 0.25) is 5.89 Å². The Morgan fingerprint density at radius 3 is 2.37 bits per heavy atom. The topological polar surface area (TPSA) is 51.0 Å². The molecule has 0 atom stereocenters. The van der Waals surface area contributed by atoms with Crippen LogP contribution >= 0.6 is 11.8 Å². The van der Waals surface area contributed by atoms with Crippen LogP contribution in [0.3, 0.4) is 0 Å². The minimum atomic E-state index is 0.567. The fourth-order valence-electron chi connectivity index (χ4n) is 2.03. The second kappa shape index (κ2) is 6.61. The smallest absolute Gasteiger partial charge is 0.276 e. The maximum Gasteiger partial charge on any atom is 0.276 e. The van der Waals surface area contributed by atoms with Crippen LogP contribution in [0.4, 0.5) is 5.69 Å². The van der Waals surface area contributed by atoms with Gasteiger partial charge in [-0.15, -0.1) is 10.2 Å². The number of rotatable bonds is 6. The zero-order valence-corrected chi connectivity index (χ0v) is 12.4. The Kier molecular flexibility index (Phi) is 4.85. The molecule has 0 aliphatic carbocycles. The van der Waals surface area contributed by atoms with E-state index in [2.05, 4.69) is 47.6 Å². The third-order valence-electron chi connectivity index (χ3n) is 3.04. The fraction of sp³-hybridized carbons (Fsp3) is 0.429. The molecule has 4 nitrogen and oxygen atoms in total. The fourth-order valence-corrected chi connectivity index (χ4v) is 2.33. The van der Waals surface area contributed by atoms with Gasteiger partial charge in [-0.3, -0.25) is 0 Å². The Bertz CT molecular complexity index is 517. The van der Waals surface area contributed by atoms with Crippen LogP contribution in [-0.2, 0) is 19.4 Å². The van der Waals surface area contributed by atoms with Crippen LogP contribution in [0, 0.1) is 0 Å². The number of benzene rings is 1. The van der Waals surface area contributed by atoms with Crippen LogP contribution in [0.2, 0.25) is 0 Å². The molecule has 1 heterocycles. The average Bonchev–Trinajstić information content (AvgIpc) is 2.92. The van der Waals surface area contributed by atoms with Crippen molar-refractivity contribution in [1.82, 2.24) is 10.2 Å². The molecule has 0 radical (unpaired) electrons. The SMILES string of the molecule is CCc1cccc(CC)c1NCc1nnc(SC)o1. The highest BCUT2D eigenvalue weighted by atomic mass is 32.2. The standard InChI is InChI=1S/C14H19N3OS/c1-4-10-7-6-8-11(5-2)13(10)15-9-12-16-17-14(18-12)19-3/h6-8,15H,4-5,9H2,1-3H3. The molecule has 0 aliphatic rings. The number of nitrogens with one attached hydrogen (secondary N) is 1. The summed E-state index contributed by atoms with van der Waals surface area (Å²) in [5.74, 6) is 0.623. The lowest BCUT2D eigenvalue weighted by atomic mass is 10.0. The second-order valence-corrected chi connectivity index (χ2v) is 4.94. The van der Waals surface area contributed by atoms with Crippen molar-refractivity contribution in [3.8, 4) is 0 Å². The lowest BCUT2D eigenvalue weighted by molar-refractivity contribution is 0.419. The number of anilines is 1. The third kappa shape index (κ3) is 3.29. The van der Waals surface area contributed by atoms with Gasteiger partial charge in [-0.2, -0.15) is 0 Å².